The molecule has 0 fully saturated rings. The molecule has 0 aliphatic carbocycles. The molecule has 0 spiro atoms. The van der Waals surface area contributed by atoms with Crippen molar-refractivity contribution < 1.29 is 18.0 Å². The smallest absolute Gasteiger partial charge is 0.280 e. The van der Waals surface area contributed by atoms with Crippen molar-refractivity contribution >= 4 is 28.2 Å². The number of carbonyl (C=O) groups is 1. The SMILES string of the molecule is Cc1ccc(-c2ccc3ncc4c(c3c2)N(c2cccc(C(F)(F)F)c2)C(=O)CC4)cn1. The van der Waals surface area contributed by atoms with Gasteiger partial charge in [-0.15, -0.1) is 0 Å². The first-order valence-electron chi connectivity index (χ1n) is 10.2. The van der Waals surface area contributed by atoms with E-state index in [0.717, 1.165) is 34.5 Å². The molecule has 0 saturated carbocycles. The number of fused-ring (bicyclic) bond motifs is 3. The Morgan fingerprint density at radius 2 is 1.72 bits per heavy atom. The summed E-state index contributed by atoms with van der Waals surface area (Å²) in [4.78, 5) is 23.2. The van der Waals surface area contributed by atoms with Crippen LogP contribution in [0.1, 0.15) is 23.2 Å². The number of anilines is 2. The van der Waals surface area contributed by atoms with Crippen LogP contribution < -0.4 is 4.90 Å². The summed E-state index contributed by atoms with van der Waals surface area (Å²) in [5.41, 5.74) is 4.18. The van der Waals surface area contributed by atoms with Crippen LogP contribution >= 0.6 is 0 Å². The van der Waals surface area contributed by atoms with Gasteiger partial charge in [0.1, 0.15) is 0 Å². The Morgan fingerprint density at radius 1 is 0.906 bits per heavy atom. The van der Waals surface area contributed by atoms with Crippen molar-refractivity contribution in [3.8, 4) is 11.1 Å². The second-order valence-electron chi connectivity index (χ2n) is 7.83. The molecule has 0 atom stereocenters. The van der Waals surface area contributed by atoms with Gasteiger partial charge in [0.05, 0.1) is 16.8 Å². The Kier molecular flexibility index (Phi) is 4.69. The fourth-order valence-electron chi connectivity index (χ4n) is 4.06. The monoisotopic (exact) mass is 433 g/mol. The molecule has 5 rings (SSSR count). The van der Waals surface area contributed by atoms with Crippen molar-refractivity contribution in [2.24, 2.45) is 0 Å². The fourth-order valence-corrected chi connectivity index (χ4v) is 4.06. The molecule has 7 heteroatoms. The molecule has 0 radical (unpaired) electrons. The van der Waals surface area contributed by atoms with Crippen molar-refractivity contribution in [1.29, 1.82) is 0 Å². The molecular formula is C25H18F3N3O. The summed E-state index contributed by atoms with van der Waals surface area (Å²) in [5.74, 6) is -0.244. The molecule has 0 N–H and O–H groups in total. The van der Waals surface area contributed by atoms with E-state index in [2.05, 4.69) is 9.97 Å². The van der Waals surface area contributed by atoms with Crippen LogP contribution in [0.4, 0.5) is 24.5 Å². The maximum Gasteiger partial charge on any atom is 0.416 e. The highest BCUT2D eigenvalue weighted by molar-refractivity contribution is 6.11. The third kappa shape index (κ3) is 3.49. The number of halogens is 3. The normalized spacial score (nSPS) is 14.0. The van der Waals surface area contributed by atoms with Gasteiger partial charge in [-0.1, -0.05) is 18.2 Å². The van der Waals surface area contributed by atoms with Gasteiger partial charge in [-0.3, -0.25) is 19.7 Å². The van der Waals surface area contributed by atoms with Gasteiger partial charge in [0.2, 0.25) is 5.91 Å². The zero-order valence-electron chi connectivity index (χ0n) is 17.1. The number of hydrogen-bond acceptors (Lipinski definition) is 3. The number of aromatic nitrogens is 2. The number of pyridine rings is 2. The summed E-state index contributed by atoms with van der Waals surface area (Å²) in [5, 5.41) is 0.714. The first kappa shape index (κ1) is 20.2. The number of nitrogens with zero attached hydrogens (tertiary/aromatic N) is 3. The zero-order valence-corrected chi connectivity index (χ0v) is 17.1. The van der Waals surface area contributed by atoms with Crippen molar-refractivity contribution in [1.82, 2.24) is 9.97 Å². The number of carbonyl (C=O) groups excluding carboxylic acids is 1. The van der Waals surface area contributed by atoms with E-state index < -0.39 is 11.7 Å². The lowest BCUT2D eigenvalue weighted by Crippen LogP contribution is -2.31. The summed E-state index contributed by atoms with van der Waals surface area (Å²) in [6, 6.07) is 14.5. The molecule has 0 bridgehead atoms. The Balaban J connectivity index is 1.72. The lowest BCUT2D eigenvalue weighted by molar-refractivity contribution is -0.137. The average molecular weight is 433 g/mol. The molecule has 4 aromatic rings. The topological polar surface area (TPSA) is 46.1 Å². The summed E-state index contributed by atoms with van der Waals surface area (Å²) in [6.07, 6.45) is -0.322. The third-order valence-corrected chi connectivity index (χ3v) is 5.67. The van der Waals surface area contributed by atoms with Crippen LogP contribution in [0.2, 0.25) is 0 Å². The molecule has 1 amide bonds. The van der Waals surface area contributed by atoms with Crippen LogP contribution in [-0.4, -0.2) is 15.9 Å². The van der Waals surface area contributed by atoms with Crippen LogP contribution in [0, 0.1) is 6.92 Å². The Bertz CT molecular complexity index is 1350. The molecule has 4 nitrogen and oxygen atoms in total. The van der Waals surface area contributed by atoms with Crippen LogP contribution in [0.3, 0.4) is 0 Å². The number of rotatable bonds is 2. The highest BCUT2D eigenvalue weighted by Crippen LogP contribution is 2.41. The molecule has 0 unspecified atom stereocenters. The van der Waals surface area contributed by atoms with E-state index in [0.29, 0.717) is 23.0 Å². The zero-order chi connectivity index (χ0) is 22.5. The van der Waals surface area contributed by atoms with Gasteiger partial charge in [-0.2, -0.15) is 13.2 Å². The summed E-state index contributed by atoms with van der Waals surface area (Å²) < 4.78 is 40.0. The van der Waals surface area contributed by atoms with Gasteiger partial charge < -0.3 is 0 Å². The fraction of sp³-hybridized carbons (Fsp3) is 0.160. The van der Waals surface area contributed by atoms with E-state index in [1.807, 2.05) is 37.3 Å². The van der Waals surface area contributed by atoms with Crippen LogP contribution in [0.5, 0.6) is 0 Å². The average Bonchev–Trinajstić information content (AvgIpc) is 2.78. The van der Waals surface area contributed by atoms with Crippen molar-refractivity contribution in [3.63, 3.8) is 0 Å². The second-order valence-corrected chi connectivity index (χ2v) is 7.83. The summed E-state index contributed by atoms with van der Waals surface area (Å²) in [6.45, 7) is 1.91. The van der Waals surface area contributed by atoms with Crippen molar-refractivity contribution in [3.05, 3.63) is 83.8 Å². The van der Waals surface area contributed by atoms with Gasteiger partial charge in [-0.05, 0) is 60.9 Å². The van der Waals surface area contributed by atoms with E-state index in [4.69, 9.17) is 0 Å². The van der Waals surface area contributed by atoms with Gasteiger partial charge in [-0.25, -0.2) is 0 Å². The molecule has 1 aliphatic rings. The van der Waals surface area contributed by atoms with E-state index in [1.165, 1.54) is 17.0 Å². The molecular weight excluding hydrogens is 415 g/mol. The number of amides is 1. The van der Waals surface area contributed by atoms with Crippen molar-refractivity contribution in [2.45, 2.75) is 25.9 Å². The molecule has 0 saturated heterocycles. The number of benzene rings is 2. The quantitative estimate of drug-likeness (QED) is 0.376. The maximum atomic E-state index is 13.3. The largest absolute Gasteiger partial charge is 0.416 e. The Morgan fingerprint density at radius 3 is 2.47 bits per heavy atom. The molecule has 2 aromatic heterocycles. The van der Waals surface area contributed by atoms with Gasteiger partial charge in [0, 0.05) is 41.1 Å². The highest BCUT2D eigenvalue weighted by Gasteiger charge is 2.33. The van der Waals surface area contributed by atoms with Gasteiger partial charge in [0.15, 0.2) is 0 Å². The van der Waals surface area contributed by atoms with E-state index in [9.17, 15) is 18.0 Å². The minimum Gasteiger partial charge on any atom is -0.280 e. The predicted octanol–water partition coefficient (Wildman–Crippen LogP) is 6.23. The number of alkyl halides is 3. The maximum absolute atomic E-state index is 13.3. The van der Waals surface area contributed by atoms with E-state index in [1.54, 1.807) is 12.4 Å². The minimum absolute atomic E-state index is 0.195. The predicted molar refractivity (Wildman–Crippen MR) is 117 cm³/mol. The first-order chi connectivity index (χ1) is 15.3. The van der Waals surface area contributed by atoms with Crippen LogP contribution in [0.25, 0.3) is 22.0 Å². The standard InChI is InChI=1S/C25H18F3N3O/c1-15-5-6-17(13-29-15)16-7-9-22-21(11-16)24-18(14-30-22)8-10-23(32)31(24)20-4-2-3-19(12-20)25(26,27)28/h2-7,9,11-14H,8,10H2,1H3. The second kappa shape index (κ2) is 7.44. The molecule has 32 heavy (non-hydrogen) atoms. The van der Waals surface area contributed by atoms with Crippen LogP contribution in [0.15, 0.2) is 67.0 Å². The first-order valence-corrected chi connectivity index (χ1v) is 10.2. The molecule has 3 heterocycles. The number of aryl methyl sites for hydroxylation is 2. The molecule has 1 aliphatic heterocycles. The summed E-state index contributed by atoms with van der Waals surface area (Å²) in [7, 11) is 0. The van der Waals surface area contributed by atoms with E-state index >= 15 is 0 Å². The number of hydrogen-bond donors (Lipinski definition) is 0. The van der Waals surface area contributed by atoms with Crippen LogP contribution in [-0.2, 0) is 17.4 Å². The Hall–Kier alpha value is -3.74. The lowest BCUT2D eigenvalue weighted by atomic mass is 9.96. The van der Waals surface area contributed by atoms with Crippen molar-refractivity contribution in [2.75, 3.05) is 4.90 Å². The molecule has 2 aromatic carbocycles. The minimum atomic E-state index is -4.50. The lowest BCUT2D eigenvalue weighted by Gasteiger charge is -2.31. The summed E-state index contributed by atoms with van der Waals surface area (Å²) >= 11 is 0. The van der Waals surface area contributed by atoms with E-state index in [-0.39, 0.29) is 18.0 Å². The highest BCUT2D eigenvalue weighted by atomic mass is 19.4. The Labute approximate surface area is 182 Å². The third-order valence-electron chi connectivity index (χ3n) is 5.67. The van der Waals surface area contributed by atoms with Gasteiger partial charge >= 0.3 is 6.18 Å². The molecule has 160 valence electrons. The van der Waals surface area contributed by atoms with Gasteiger partial charge in [0.25, 0.3) is 0 Å².